The van der Waals surface area contributed by atoms with Crippen molar-refractivity contribution in [3.05, 3.63) is 67.3 Å². The molecule has 3 heterocycles. The predicted octanol–water partition coefficient (Wildman–Crippen LogP) is 5.14. The number of carbonyl (C=O) groups excluding carboxylic acids is 4. The number of rotatable bonds is 14. The van der Waals surface area contributed by atoms with Gasteiger partial charge >= 0.3 is 0 Å². The van der Waals surface area contributed by atoms with E-state index in [1.807, 2.05) is 59.5 Å². The molecule has 0 radical (unpaired) electrons. The summed E-state index contributed by atoms with van der Waals surface area (Å²) in [7, 11) is -2.30. The van der Waals surface area contributed by atoms with Crippen molar-refractivity contribution in [2.75, 3.05) is 26.7 Å². The van der Waals surface area contributed by atoms with Crippen LogP contribution in [0.2, 0.25) is 0 Å². The highest BCUT2D eigenvalue weighted by Crippen LogP contribution is 2.46. The number of nitrogens with zero attached hydrogens (tertiary/aromatic N) is 3. The van der Waals surface area contributed by atoms with E-state index in [2.05, 4.69) is 16.6 Å². The highest BCUT2D eigenvalue weighted by Gasteiger charge is 2.62. The molecule has 1 aromatic heterocycles. The number of likely N-dealkylation sites (tertiary alicyclic amines) is 2. The van der Waals surface area contributed by atoms with Crippen molar-refractivity contribution < 1.29 is 37.1 Å². The number of hydrogen-bond acceptors (Lipinski definition) is 9. The van der Waals surface area contributed by atoms with E-state index >= 15 is 4.79 Å². The second-order valence-corrected chi connectivity index (χ2v) is 18.7. The SMILES string of the molecule is C=CC1C[C@]1(NC(=O)[C@@H]1CC(Oc2cc(-c3ccccc3)nc3cc(OC)ccc23)CN1C(=O)C(CC(=O)N1CCCCC1)C1CCCC1)C(=O)NS(=O)(=O)C1CC1. The lowest BCUT2D eigenvalue weighted by molar-refractivity contribution is -0.147. The second kappa shape index (κ2) is 16.3. The van der Waals surface area contributed by atoms with Crippen LogP contribution < -0.4 is 19.5 Å². The highest BCUT2D eigenvalue weighted by atomic mass is 32.2. The number of fused-ring (bicyclic) bond motifs is 1. The number of amides is 4. The van der Waals surface area contributed by atoms with Crippen molar-refractivity contribution in [2.24, 2.45) is 17.8 Å². The van der Waals surface area contributed by atoms with Crippen LogP contribution in [-0.2, 0) is 29.2 Å². The van der Waals surface area contributed by atoms with Crippen LogP contribution in [0, 0.1) is 17.8 Å². The highest BCUT2D eigenvalue weighted by molar-refractivity contribution is 7.91. The maximum absolute atomic E-state index is 15.0. The maximum Gasteiger partial charge on any atom is 0.259 e. The molecule has 13 nitrogen and oxygen atoms in total. The molecule has 4 amide bonds. The topological polar surface area (TPSA) is 164 Å². The number of piperidine rings is 1. The molecule has 0 bridgehead atoms. The lowest BCUT2D eigenvalue weighted by atomic mass is 9.86. The molecular formula is C44H53N5O8S. The number of aromatic nitrogens is 1. The van der Waals surface area contributed by atoms with Crippen molar-refractivity contribution >= 4 is 44.6 Å². The molecule has 3 saturated carbocycles. The van der Waals surface area contributed by atoms with Gasteiger partial charge < -0.3 is 24.6 Å². The first-order valence-corrected chi connectivity index (χ1v) is 22.3. The summed E-state index contributed by atoms with van der Waals surface area (Å²) in [5, 5.41) is 3.00. The molecule has 0 spiro atoms. The van der Waals surface area contributed by atoms with Crippen LogP contribution in [0.4, 0.5) is 0 Å². The number of hydrogen-bond donors (Lipinski definition) is 2. The summed E-state index contributed by atoms with van der Waals surface area (Å²) in [5.41, 5.74) is 0.678. The van der Waals surface area contributed by atoms with Crippen molar-refractivity contribution in [1.29, 1.82) is 0 Å². The van der Waals surface area contributed by atoms with Gasteiger partial charge in [-0.3, -0.25) is 23.9 Å². The van der Waals surface area contributed by atoms with Crippen molar-refractivity contribution in [1.82, 2.24) is 24.8 Å². The lowest BCUT2D eigenvalue weighted by Gasteiger charge is -2.33. The molecule has 58 heavy (non-hydrogen) atoms. The van der Waals surface area contributed by atoms with Gasteiger partial charge in [-0.15, -0.1) is 6.58 Å². The number of methoxy groups -OCH3 is 1. The standard InChI is InChI=1S/C44H53N5O8S/c1-3-30-26-44(30,43(53)47-58(54,55)33-17-18-33)46-41(51)38-23-32(27-49(38)42(52)35(28-12-8-9-13-28)24-40(50)48-20-10-5-11-21-48)57-39-25-36(29-14-6-4-7-15-29)45-37-22-31(56-2)16-19-34(37)39/h3-4,6-7,14-16,19,22,25,28,30,32-33,35,38H,1,5,8-13,17-18,20-21,23-24,26-27H2,2H3,(H,46,51)(H,47,53)/t30?,32?,35?,38-,44+/m0/s1. The van der Waals surface area contributed by atoms with E-state index < -0.39 is 56.6 Å². The molecule has 8 rings (SSSR count). The lowest BCUT2D eigenvalue weighted by Crippen LogP contribution is -2.57. The minimum absolute atomic E-state index is 0.00389. The van der Waals surface area contributed by atoms with Gasteiger partial charge in [-0.1, -0.05) is 49.2 Å². The smallest absolute Gasteiger partial charge is 0.259 e. The molecule has 5 atom stereocenters. The van der Waals surface area contributed by atoms with Gasteiger partial charge in [0.15, 0.2) is 0 Å². The number of benzene rings is 2. The van der Waals surface area contributed by atoms with Crippen molar-refractivity contribution in [3.8, 4) is 22.8 Å². The Balaban J connectivity index is 1.11. The van der Waals surface area contributed by atoms with E-state index in [-0.39, 0.29) is 43.5 Å². The quantitative estimate of drug-likeness (QED) is 0.210. The Morgan fingerprint density at radius 1 is 0.983 bits per heavy atom. The number of nitrogens with one attached hydrogen (secondary N) is 2. The van der Waals surface area contributed by atoms with Crippen LogP contribution in [0.5, 0.6) is 11.5 Å². The van der Waals surface area contributed by atoms with E-state index in [9.17, 15) is 22.8 Å². The molecule has 3 unspecified atom stereocenters. The summed E-state index contributed by atoms with van der Waals surface area (Å²) in [6.07, 6.45) is 8.73. The molecule has 3 aromatic rings. The number of carbonyl (C=O) groups is 4. The molecular weight excluding hydrogens is 759 g/mol. The molecule has 5 fully saturated rings. The summed E-state index contributed by atoms with van der Waals surface area (Å²) in [4.78, 5) is 65.4. The Labute approximate surface area is 340 Å². The van der Waals surface area contributed by atoms with E-state index in [1.54, 1.807) is 18.1 Å². The third-order valence-electron chi connectivity index (χ3n) is 12.8. The summed E-state index contributed by atoms with van der Waals surface area (Å²) >= 11 is 0. The first kappa shape index (κ1) is 39.8. The van der Waals surface area contributed by atoms with Gasteiger partial charge in [-0.2, -0.15) is 0 Å². The first-order chi connectivity index (χ1) is 28.0. The van der Waals surface area contributed by atoms with E-state index in [4.69, 9.17) is 14.5 Å². The fraction of sp³-hybridized carbons (Fsp3) is 0.523. The minimum atomic E-state index is -3.89. The minimum Gasteiger partial charge on any atom is -0.497 e. The third-order valence-corrected chi connectivity index (χ3v) is 14.6. The van der Waals surface area contributed by atoms with Crippen LogP contribution in [0.3, 0.4) is 0 Å². The van der Waals surface area contributed by atoms with Gasteiger partial charge in [0.25, 0.3) is 5.91 Å². The van der Waals surface area contributed by atoms with Crippen LogP contribution in [0.1, 0.15) is 77.0 Å². The summed E-state index contributed by atoms with van der Waals surface area (Å²) < 4.78 is 40.2. The Morgan fingerprint density at radius 2 is 1.72 bits per heavy atom. The third kappa shape index (κ3) is 8.17. The Morgan fingerprint density at radius 3 is 2.40 bits per heavy atom. The average molecular weight is 812 g/mol. The Hall–Kier alpha value is -4.98. The van der Waals surface area contributed by atoms with Crippen LogP contribution in [0.25, 0.3) is 22.2 Å². The number of pyridine rings is 1. The predicted molar refractivity (Wildman–Crippen MR) is 218 cm³/mol. The van der Waals surface area contributed by atoms with E-state index in [0.29, 0.717) is 48.6 Å². The van der Waals surface area contributed by atoms with Gasteiger partial charge in [-0.25, -0.2) is 13.4 Å². The molecule has 14 heteroatoms. The van der Waals surface area contributed by atoms with Gasteiger partial charge in [-0.05, 0) is 69.4 Å². The van der Waals surface area contributed by atoms with Gasteiger partial charge in [0.05, 0.1) is 30.1 Å². The first-order valence-electron chi connectivity index (χ1n) is 20.8. The fourth-order valence-electron chi connectivity index (χ4n) is 9.22. The molecule has 2 aliphatic heterocycles. The Bertz CT molecular complexity index is 2180. The van der Waals surface area contributed by atoms with E-state index in [0.717, 1.165) is 55.9 Å². The van der Waals surface area contributed by atoms with Crippen molar-refractivity contribution in [3.63, 3.8) is 0 Å². The molecule has 2 aromatic carbocycles. The molecule has 2 N–H and O–H groups in total. The zero-order valence-electron chi connectivity index (χ0n) is 33.1. The zero-order valence-corrected chi connectivity index (χ0v) is 33.9. The van der Waals surface area contributed by atoms with Crippen LogP contribution >= 0.6 is 0 Å². The van der Waals surface area contributed by atoms with Crippen LogP contribution in [0.15, 0.2) is 67.3 Å². The summed E-state index contributed by atoms with van der Waals surface area (Å²) in [6.45, 7) is 5.26. The second-order valence-electron chi connectivity index (χ2n) is 16.7. The summed E-state index contributed by atoms with van der Waals surface area (Å²) in [5.74, 6) is -1.66. The average Bonchev–Trinajstić information content (AvgIpc) is 4.12. The fourth-order valence-corrected chi connectivity index (χ4v) is 10.6. The summed E-state index contributed by atoms with van der Waals surface area (Å²) in [6, 6.07) is 16.0. The van der Waals surface area contributed by atoms with Crippen LogP contribution in [-0.4, -0.2) is 96.5 Å². The van der Waals surface area contributed by atoms with E-state index in [1.165, 1.54) is 0 Å². The van der Waals surface area contributed by atoms with Gasteiger partial charge in [0.2, 0.25) is 27.7 Å². The maximum atomic E-state index is 15.0. The largest absolute Gasteiger partial charge is 0.497 e. The van der Waals surface area contributed by atoms with Gasteiger partial charge in [0.1, 0.15) is 29.2 Å². The molecule has 308 valence electrons. The normalized spacial score (nSPS) is 25.2. The monoisotopic (exact) mass is 811 g/mol. The Kier molecular flexibility index (Phi) is 11.2. The number of sulfonamides is 1. The zero-order chi connectivity index (χ0) is 40.6. The molecule has 5 aliphatic rings. The van der Waals surface area contributed by atoms with Gasteiger partial charge in [0, 0.05) is 60.8 Å². The number of ether oxygens (including phenoxy) is 2. The molecule has 3 aliphatic carbocycles. The van der Waals surface area contributed by atoms with Crippen molar-refractivity contribution in [2.45, 2.75) is 100.0 Å². The molecule has 2 saturated heterocycles.